The molecule has 1 N–H and O–H groups in total. The average molecular weight is 488 g/mol. The van der Waals surface area contributed by atoms with E-state index >= 15 is 0 Å². The number of hydrogen-bond acceptors (Lipinski definition) is 5. The fourth-order valence-corrected chi connectivity index (χ4v) is 6.94. The number of ether oxygens (including phenoxy) is 1. The van der Waals surface area contributed by atoms with Crippen LogP contribution in [0.15, 0.2) is 43.0 Å². The maximum atomic E-state index is 12.5. The molecule has 3 aliphatic carbocycles. The standard InChI is InChI=1S/C30H37N3O3/c1-29(2,3)36-28(35)12-11-27(34)33-21-6-8-22-19(15-21)5-7-24-23(22)13-14-30(4)25(9-10-26(24)30)20-16-31-18-32-17-20/h6,8-9,15-18,23-24,26H,5,7,10-14H2,1-4H3,(H,33,34)/t23-,24-,26?,30-/m1/s1. The molecule has 5 rings (SSSR count). The van der Waals surface area contributed by atoms with Gasteiger partial charge in [-0.1, -0.05) is 19.1 Å². The van der Waals surface area contributed by atoms with Gasteiger partial charge in [0.25, 0.3) is 0 Å². The fraction of sp³-hybridized carbons (Fsp3) is 0.533. The Kier molecular flexibility index (Phi) is 6.48. The van der Waals surface area contributed by atoms with Crippen molar-refractivity contribution in [2.45, 2.75) is 84.2 Å². The first-order valence-electron chi connectivity index (χ1n) is 13.2. The summed E-state index contributed by atoms with van der Waals surface area (Å²) in [5.41, 5.74) is 5.88. The lowest BCUT2D eigenvalue weighted by Gasteiger charge is -2.50. The summed E-state index contributed by atoms with van der Waals surface area (Å²) < 4.78 is 5.30. The van der Waals surface area contributed by atoms with Crippen LogP contribution in [-0.2, 0) is 20.7 Å². The molecule has 0 spiro atoms. The number of benzene rings is 1. The van der Waals surface area contributed by atoms with Crippen molar-refractivity contribution in [1.82, 2.24) is 9.97 Å². The Hall–Kier alpha value is -3.02. The molecule has 1 fully saturated rings. The molecule has 1 heterocycles. The van der Waals surface area contributed by atoms with Gasteiger partial charge in [0, 0.05) is 30.1 Å². The van der Waals surface area contributed by atoms with E-state index in [1.54, 1.807) is 6.33 Å². The fourth-order valence-electron chi connectivity index (χ4n) is 6.94. The molecule has 1 aromatic carbocycles. The van der Waals surface area contributed by atoms with Crippen LogP contribution in [0.4, 0.5) is 5.69 Å². The Morgan fingerprint density at radius 2 is 1.92 bits per heavy atom. The number of amides is 1. The van der Waals surface area contributed by atoms with Crippen LogP contribution in [0.5, 0.6) is 0 Å². The van der Waals surface area contributed by atoms with Gasteiger partial charge in [0.2, 0.25) is 5.91 Å². The van der Waals surface area contributed by atoms with E-state index in [2.05, 4.69) is 40.4 Å². The Bertz CT molecular complexity index is 1180. The first-order valence-corrected chi connectivity index (χ1v) is 13.2. The van der Waals surface area contributed by atoms with Gasteiger partial charge in [-0.3, -0.25) is 9.59 Å². The number of nitrogens with zero attached hydrogens (tertiary/aromatic N) is 2. The molecule has 36 heavy (non-hydrogen) atoms. The number of rotatable bonds is 5. The second-order valence-electron chi connectivity index (χ2n) is 11.9. The lowest BCUT2D eigenvalue weighted by molar-refractivity contribution is -0.155. The highest BCUT2D eigenvalue weighted by Crippen LogP contribution is 2.63. The number of aryl methyl sites for hydroxylation is 1. The van der Waals surface area contributed by atoms with E-state index < -0.39 is 5.60 Å². The Morgan fingerprint density at radius 3 is 2.67 bits per heavy atom. The molecule has 190 valence electrons. The molecule has 6 heteroatoms. The molecule has 3 aliphatic rings. The summed E-state index contributed by atoms with van der Waals surface area (Å²) in [6.07, 6.45) is 13.9. The van der Waals surface area contributed by atoms with E-state index in [9.17, 15) is 9.59 Å². The molecular weight excluding hydrogens is 450 g/mol. The van der Waals surface area contributed by atoms with E-state index in [0.29, 0.717) is 17.8 Å². The van der Waals surface area contributed by atoms with Crippen LogP contribution >= 0.6 is 0 Å². The van der Waals surface area contributed by atoms with Crippen LogP contribution in [0.25, 0.3) is 5.57 Å². The summed E-state index contributed by atoms with van der Waals surface area (Å²) in [5.74, 6) is 1.39. The van der Waals surface area contributed by atoms with E-state index in [1.807, 2.05) is 39.2 Å². The summed E-state index contributed by atoms with van der Waals surface area (Å²) in [5, 5.41) is 2.98. The number of fused-ring (bicyclic) bond motifs is 5. The summed E-state index contributed by atoms with van der Waals surface area (Å²) in [6, 6.07) is 6.40. The van der Waals surface area contributed by atoms with Gasteiger partial charge in [0.1, 0.15) is 11.9 Å². The van der Waals surface area contributed by atoms with Gasteiger partial charge in [0.15, 0.2) is 0 Å². The maximum Gasteiger partial charge on any atom is 0.306 e. The monoisotopic (exact) mass is 487 g/mol. The van der Waals surface area contributed by atoms with Crippen LogP contribution in [0.1, 0.15) is 88.8 Å². The molecule has 1 aromatic heterocycles. The lowest BCUT2D eigenvalue weighted by atomic mass is 9.54. The molecule has 1 saturated carbocycles. The third kappa shape index (κ3) is 4.82. The Labute approximate surface area is 214 Å². The lowest BCUT2D eigenvalue weighted by Crippen LogP contribution is -2.40. The van der Waals surface area contributed by atoms with Crippen molar-refractivity contribution >= 4 is 23.1 Å². The van der Waals surface area contributed by atoms with Crippen molar-refractivity contribution in [3.8, 4) is 0 Å². The number of carbonyl (C=O) groups is 2. The number of esters is 1. The van der Waals surface area contributed by atoms with Crippen LogP contribution in [0.2, 0.25) is 0 Å². The number of carbonyl (C=O) groups excluding carboxylic acids is 2. The number of nitrogens with one attached hydrogen (secondary N) is 1. The van der Waals surface area contributed by atoms with Crippen LogP contribution in [0.3, 0.4) is 0 Å². The van der Waals surface area contributed by atoms with Crippen molar-refractivity contribution in [2.75, 3.05) is 5.32 Å². The van der Waals surface area contributed by atoms with Crippen molar-refractivity contribution in [1.29, 1.82) is 0 Å². The van der Waals surface area contributed by atoms with Crippen molar-refractivity contribution in [3.63, 3.8) is 0 Å². The molecule has 2 aromatic rings. The van der Waals surface area contributed by atoms with Gasteiger partial charge in [-0.25, -0.2) is 9.97 Å². The third-order valence-electron chi connectivity index (χ3n) is 8.44. The predicted octanol–water partition coefficient (Wildman–Crippen LogP) is 6.09. The molecule has 6 nitrogen and oxygen atoms in total. The smallest absolute Gasteiger partial charge is 0.306 e. The largest absolute Gasteiger partial charge is 0.460 e. The minimum atomic E-state index is -0.535. The SMILES string of the molecule is CC(C)(C)OC(=O)CCC(=O)Nc1ccc2c(c1)CC[C@H]1C3CC=C(c4cncnc4)[C@@]3(C)CC[C@H]21. The summed E-state index contributed by atoms with van der Waals surface area (Å²) in [6.45, 7) is 7.94. The highest BCUT2D eigenvalue weighted by atomic mass is 16.6. The van der Waals surface area contributed by atoms with Crippen molar-refractivity contribution < 1.29 is 14.3 Å². The molecule has 0 bridgehead atoms. The molecular formula is C30H37N3O3. The highest BCUT2D eigenvalue weighted by molar-refractivity contribution is 5.92. The predicted molar refractivity (Wildman–Crippen MR) is 140 cm³/mol. The highest BCUT2D eigenvalue weighted by Gasteiger charge is 2.51. The van der Waals surface area contributed by atoms with Crippen LogP contribution < -0.4 is 5.32 Å². The zero-order chi connectivity index (χ0) is 25.5. The van der Waals surface area contributed by atoms with Gasteiger partial charge in [-0.15, -0.1) is 0 Å². The molecule has 1 unspecified atom stereocenters. The second kappa shape index (κ2) is 9.45. The quantitative estimate of drug-likeness (QED) is 0.517. The number of hydrogen-bond donors (Lipinski definition) is 1. The van der Waals surface area contributed by atoms with Gasteiger partial charge in [0.05, 0.1) is 6.42 Å². The minimum absolute atomic E-state index is 0.0864. The molecule has 4 atom stereocenters. The van der Waals surface area contributed by atoms with E-state index in [4.69, 9.17) is 4.74 Å². The molecule has 0 radical (unpaired) electrons. The van der Waals surface area contributed by atoms with E-state index in [0.717, 1.165) is 18.5 Å². The van der Waals surface area contributed by atoms with Crippen LogP contribution in [-0.4, -0.2) is 27.4 Å². The zero-order valence-corrected chi connectivity index (χ0v) is 21.8. The van der Waals surface area contributed by atoms with E-state index in [1.165, 1.54) is 41.5 Å². The van der Waals surface area contributed by atoms with Gasteiger partial charge in [-0.05, 0) is 105 Å². The Morgan fingerprint density at radius 1 is 1.14 bits per heavy atom. The van der Waals surface area contributed by atoms with Gasteiger partial charge in [-0.2, -0.15) is 0 Å². The molecule has 0 aliphatic heterocycles. The second-order valence-corrected chi connectivity index (χ2v) is 11.9. The third-order valence-corrected chi connectivity index (χ3v) is 8.44. The Balaban J connectivity index is 1.24. The number of aromatic nitrogens is 2. The van der Waals surface area contributed by atoms with Crippen molar-refractivity contribution in [3.05, 3.63) is 59.7 Å². The van der Waals surface area contributed by atoms with Gasteiger partial charge >= 0.3 is 5.97 Å². The van der Waals surface area contributed by atoms with Crippen LogP contribution in [0, 0.1) is 17.3 Å². The summed E-state index contributed by atoms with van der Waals surface area (Å²) >= 11 is 0. The minimum Gasteiger partial charge on any atom is -0.460 e. The summed E-state index contributed by atoms with van der Waals surface area (Å²) in [4.78, 5) is 32.9. The molecule has 0 saturated heterocycles. The number of anilines is 1. The zero-order valence-electron chi connectivity index (χ0n) is 21.8. The average Bonchev–Trinajstić information content (AvgIpc) is 3.19. The van der Waals surface area contributed by atoms with Crippen molar-refractivity contribution in [2.24, 2.45) is 17.3 Å². The maximum absolute atomic E-state index is 12.5. The van der Waals surface area contributed by atoms with E-state index in [-0.39, 0.29) is 30.1 Å². The first kappa shape index (κ1) is 24.7. The summed E-state index contributed by atoms with van der Waals surface area (Å²) in [7, 11) is 0. The van der Waals surface area contributed by atoms with Gasteiger partial charge < -0.3 is 10.1 Å². The number of allylic oxidation sites excluding steroid dienone is 2. The first-order chi connectivity index (χ1) is 17.1. The topological polar surface area (TPSA) is 81.2 Å². The normalized spacial score (nSPS) is 26.8. The molecule has 1 amide bonds.